The predicted molar refractivity (Wildman–Crippen MR) is 105 cm³/mol. The molecule has 2 aromatic heterocycles. The minimum absolute atomic E-state index is 0.351. The molecule has 0 fully saturated rings. The number of hydrogen-bond donors (Lipinski definition) is 0. The highest BCUT2D eigenvalue weighted by Crippen LogP contribution is 2.27. The number of nitrogens with zero attached hydrogens (tertiary/aromatic N) is 4. The van der Waals surface area contributed by atoms with E-state index in [1.165, 1.54) is 0 Å². The first kappa shape index (κ1) is 17.8. The van der Waals surface area contributed by atoms with Crippen molar-refractivity contribution in [3.05, 3.63) is 68.9 Å². The van der Waals surface area contributed by atoms with Gasteiger partial charge >= 0.3 is 5.76 Å². The third-order valence-corrected chi connectivity index (χ3v) is 5.02. The molecule has 0 atom stereocenters. The highest BCUT2D eigenvalue weighted by molar-refractivity contribution is 6.42. The van der Waals surface area contributed by atoms with Gasteiger partial charge in [-0.1, -0.05) is 35.3 Å². The third kappa shape index (κ3) is 3.50. The third-order valence-electron chi connectivity index (χ3n) is 4.28. The second kappa shape index (κ2) is 7.21. The smallest absolute Gasteiger partial charge is 0.408 e. The first-order chi connectivity index (χ1) is 13.0. The molecule has 0 spiro atoms. The summed E-state index contributed by atoms with van der Waals surface area (Å²) in [4.78, 5) is 16.6. The number of halogens is 2. The average Bonchev–Trinajstić information content (AvgIpc) is 3.17. The van der Waals surface area contributed by atoms with Gasteiger partial charge in [0.15, 0.2) is 11.4 Å². The van der Waals surface area contributed by atoms with E-state index in [0.29, 0.717) is 41.0 Å². The summed E-state index contributed by atoms with van der Waals surface area (Å²) in [5.41, 5.74) is 2.23. The molecular formula is C19H16Cl2N4O2. The molecule has 0 aliphatic rings. The van der Waals surface area contributed by atoms with E-state index in [0.717, 1.165) is 16.9 Å². The molecule has 0 radical (unpaired) electrons. The van der Waals surface area contributed by atoms with E-state index < -0.39 is 0 Å². The standard InChI is InChI=1S/C19H16Cl2N4O2/c1-12-22-18(13-7-8-14(20)15(21)11-13)25(23-12)10-4-9-24-16-5-2-3-6-17(16)27-19(24)26/h2-3,5-8,11H,4,9-10H2,1H3. The van der Waals surface area contributed by atoms with Crippen molar-refractivity contribution in [2.45, 2.75) is 26.4 Å². The zero-order valence-corrected chi connectivity index (χ0v) is 16.0. The van der Waals surface area contributed by atoms with Crippen LogP contribution in [-0.2, 0) is 13.1 Å². The van der Waals surface area contributed by atoms with Gasteiger partial charge in [-0.15, -0.1) is 0 Å². The predicted octanol–water partition coefficient (Wildman–Crippen LogP) is 4.56. The SMILES string of the molecule is Cc1nc(-c2ccc(Cl)c(Cl)c2)n(CCCn2c(=O)oc3ccccc32)n1. The number of para-hydroxylation sites is 2. The van der Waals surface area contributed by atoms with E-state index in [1.807, 2.05) is 35.9 Å². The molecule has 4 aromatic rings. The fourth-order valence-electron chi connectivity index (χ4n) is 3.06. The maximum absolute atomic E-state index is 12.1. The molecule has 4 rings (SSSR count). The van der Waals surface area contributed by atoms with E-state index in [-0.39, 0.29) is 5.76 Å². The van der Waals surface area contributed by atoms with Crippen LogP contribution < -0.4 is 5.76 Å². The van der Waals surface area contributed by atoms with Crippen molar-refractivity contribution in [2.75, 3.05) is 0 Å². The van der Waals surface area contributed by atoms with Crippen LogP contribution in [0.15, 0.2) is 51.7 Å². The van der Waals surface area contributed by atoms with Gasteiger partial charge in [0.2, 0.25) is 0 Å². The average molecular weight is 403 g/mol. The van der Waals surface area contributed by atoms with Gasteiger partial charge in [-0.25, -0.2) is 14.5 Å². The monoisotopic (exact) mass is 402 g/mol. The number of fused-ring (bicyclic) bond motifs is 1. The van der Waals surface area contributed by atoms with Crippen LogP contribution in [0.3, 0.4) is 0 Å². The van der Waals surface area contributed by atoms with Crippen molar-refractivity contribution in [3.63, 3.8) is 0 Å². The Morgan fingerprint density at radius 2 is 1.89 bits per heavy atom. The molecule has 138 valence electrons. The Hall–Kier alpha value is -2.57. The second-order valence-corrected chi connectivity index (χ2v) is 6.99. The number of rotatable bonds is 5. The van der Waals surface area contributed by atoms with Crippen molar-refractivity contribution in [3.8, 4) is 11.4 Å². The van der Waals surface area contributed by atoms with Gasteiger partial charge in [0, 0.05) is 18.7 Å². The van der Waals surface area contributed by atoms with Crippen LogP contribution >= 0.6 is 23.2 Å². The molecule has 0 saturated heterocycles. The molecule has 0 amide bonds. The van der Waals surface area contributed by atoms with Gasteiger partial charge in [-0.3, -0.25) is 4.57 Å². The van der Waals surface area contributed by atoms with Gasteiger partial charge in [0.1, 0.15) is 5.82 Å². The van der Waals surface area contributed by atoms with Crippen LogP contribution in [0.2, 0.25) is 10.0 Å². The molecule has 0 aliphatic carbocycles. The fourth-order valence-corrected chi connectivity index (χ4v) is 3.36. The summed E-state index contributed by atoms with van der Waals surface area (Å²) in [5, 5.41) is 5.43. The number of aryl methyl sites for hydroxylation is 3. The summed E-state index contributed by atoms with van der Waals surface area (Å²) in [6.07, 6.45) is 0.695. The molecule has 8 heteroatoms. The van der Waals surface area contributed by atoms with Crippen molar-refractivity contribution in [2.24, 2.45) is 0 Å². The van der Waals surface area contributed by atoms with Crippen LogP contribution in [0.4, 0.5) is 0 Å². The van der Waals surface area contributed by atoms with Gasteiger partial charge in [0.05, 0.1) is 15.6 Å². The van der Waals surface area contributed by atoms with Gasteiger partial charge < -0.3 is 4.42 Å². The van der Waals surface area contributed by atoms with E-state index in [2.05, 4.69) is 10.1 Å². The van der Waals surface area contributed by atoms with Crippen molar-refractivity contribution >= 4 is 34.3 Å². The molecule has 27 heavy (non-hydrogen) atoms. The van der Waals surface area contributed by atoms with Gasteiger partial charge in [0.25, 0.3) is 0 Å². The zero-order chi connectivity index (χ0) is 19.0. The van der Waals surface area contributed by atoms with Crippen molar-refractivity contribution in [1.29, 1.82) is 0 Å². The van der Waals surface area contributed by atoms with Crippen LogP contribution in [-0.4, -0.2) is 19.3 Å². The van der Waals surface area contributed by atoms with E-state index >= 15 is 0 Å². The largest absolute Gasteiger partial charge is 0.419 e. The number of oxazole rings is 1. The second-order valence-electron chi connectivity index (χ2n) is 6.18. The Bertz CT molecular complexity index is 1180. The van der Waals surface area contributed by atoms with E-state index in [9.17, 15) is 4.79 Å². The summed E-state index contributed by atoms with van der Waals surface area (Å²) >= 11 is 12.1. The molecule has 2 heterocycles. The van der Waals surface area contributed by atoms with E-state index in [4.69, 9.17) is 27.6 Å². The molecule has 0 unspecified atom stereocenters. The Labute approximate surface area is 165 Å². The molecular weight excluding hydrogens is 387 g/mol. The highest BCUT2D eigenvalue weighted by Gasteiger charge is 2.13. The Balaban J connectivity index is 1.56. The van der Waals surface area contributed by atoms with Crippen molar-refractivity contribution in [1.82, 2.24) is 19.3 Å². The van der Waals surface area contributed by atoms with Crippen LogP contribution in [0.5, 0.6) is 0 Å². The summed E-state index contributed by atoms with van der Waals surface area (Å²) in [5.74, 6) is 1.04. The lowest BCUT2D eigenvalue weighted by Crippen LogP contribution is -2.16. The van der Waals surface area contributed by atoms with Crippen LogP contribution in [0.1, 0.15) is 12.2 Å². The topological polar surface area (TPSA) is 65.8 Å². The minimum Gasteiger partial charge on any atom is -0.408 e. The first-order valence-electron chi connectivity index (χ1n) is 8.48. The molecule has 0 aliphatic heterocycles. The quantitative estimate of drug-likeness (QED) is 0.490. The lowest BCUT2D eigenvalue weighted by Gasteiger charge is -2.07. The maximum atomic E-state index is 12.1. The van der Waals surface area contributed by atoms with Gasteiger partial charge in [-0.2, -0.15) is 5.10 Å². The Morgan fingerprint density at radius 1 is 1.07 bits per heavy atom. The summed E-state index contributed by atoms with van der Waals surface area (Å²) in [6, 6.07) is 12.8. The molecule has 2 aromatic carbocycles. The molecule has 6 nitrogen and oxygen atoms in total. The fraction of sp³-hybridized carbons (Fsp3) is 0.211. The van der Waals surface area contributed by atoms with Crippen LogP contribution in [0, 0.1) is 6.92 Å². The maximum Gasteiger partial charge on any atom is 0.419 e. The minimum atomic E-state index is -0.351. The number of hydrogen-bond acceptors (Lipinski definition) is 4. The molecule has 0 bridgehead atoms. The van der Waals surface area contributed by atoms with Crippen molar-refractivity contribution < 1.29 is 4.42 Å². The summed E-state index contributed by atoms with van der Waals surface area (Å²) in [6.45, 7) is 2.96. The van der Waals surface area contributed by atoms with Gasteiger partial charge in [-0.05, 0) is 43.7 Å². The van der Waals surface area contributed by atoms with E-state index in [1.54, 1.807) is 22.8 Å². The lowest BCUT2D eigenvalue weighted by molar-refractivity contribution is 0.474. The molecule has 0 saturated carbocycles. The number of aromatic nitrogens is 4. The normalized spacial score (nSPS) is 11.4. The number of benzene rings is 2. The summed E-state index contributed by atoms with van der Waals surface area (Å²) in [7, 11) is 0. The summed E-state index contributed by atoms with van der Waals surface area (Å²) < 4.78 is 8.73. The highest BCUT2D eigenvalue weighted by atomic mass is 35.5. The molecule has 0 N–H and O–H groups in total. The Morgan fingerprint density at radius 3 is 2.70 bits per heavy atom. The zero-order valence-electron chi connectivity index (χ0n) is 14.5. The van der Waals surface area contributed by atoms with Crippen LogP contribution in [0.25, 0.3) is 22.5 Å². The first-order valence-corrected chi connectivity index (χ1v) is 9.24. The lowest BCUT2D eigenvalue weighted by atomic mass is 10.2. The Kier molecular flexibility index (Phi) is 4.76.